The Morgan fingerprint density at radius 3 is 2.55 bits per heavy atom. The van der Waals surface area contributed by atoms with E-state index in [0.29, 0.717) is 29.2 Å². The summed E-state index contributed by atoms with van der Waals surface area (Å²) in [7, 11) is 3.05. The first kappa shape index (κ1) is 22.4. The number of hydrogen-bond acceptors (Lipinski definition) is 6. The SMILES string of the molecule is CCCOc1cccc(/C(O)=C2/C(=O)C(=O)N(CCOC)C2c2ccccc2OC)c1. The molecule has 0 bridgehead atoms. The van der Waals surface area contributed by atoms with E-state index in [4.69, 9.17) is 14.2 Å². The molecule has 7 heteroatoms. The van der Waals surface area contributed by atoms with Crippen LogP contribution in [0.15, 0.2) is 54.1 Å². The van der Waals surface area contributed by atoms with Crippen LogP contribution in [0.3, 0.4) is 0 Å². The van der Waals surface area contributed by atoms with Crippen molar-refractivity contribution in [3.63, 3.8) is 0 Å². The van der Waals surface area contributed by atoms with Crippen molar-refractivity contribution < 1.29 is 28.9 Å². The number of rotatable bonds is 9. The molecule has 1 aliphatic rings. The zero-order valence-electron chi connectivity index (χ0n) is 18.0. The van der Waals surface area contributed by atoms with Crippen molar-refractivity contribution in [2.24, 2.45) is 0 Å². The third-order valence-electron chi connectivity index (χ3n) is 5.09. The second kappa shape index (κ2) is 10.1. The van der Waals surface area contributed by atoms with Crippen LogP contribution in [0.5, 0.6) is 11.5 Å². The Kier molecular flexibility index (Phi) is 7.31. The Morgan fingerprint density at radius 1 is 1.06 bits per heavy atom. The maximum Gasteiger partial charge on any atom is 0.295 e. The van der Waals surface area contributed by atoms with Crippen LogP contribution in [0, 0.1) is 0 Å². The number of hydrogen-bond donors (Lipinski definition) is 1. The zero-order chi connectivity index (χ0) is 22.4. The summed E-state index contributed by atoms with van der Waals surface area (Å²) >= 11 is 0. The van der Waals surface area contributed by atoms with Gasteiger partial charge in [0.2, 0.25) is 0 Å². The zero-order valence-corrected chi connectivity index (χ0v) is 18.0. The molecule has 1 aliphatic heterocycles. The van der Waals surface area contributed by atoms with Gasteiger partial charge in [0, 0.05) is 24.8 Å². The molecule has 164 valence electrons. The minimum Gasteiger partial charge on any atom is -0.507 e. The van der Waals surface area contributed by atoms with Crippen LogP contribution in [-0.2, 0) is 14.3 Å². The van der Waals surface area contributed by atoms with E-state index in [0.717, 1.165) is 6.42 Å². The van der Waals surface area contributed by atoms with Crippen LogP contribution in [0.4, 0.5) is 0 Å². The molecule has 1 amide bonds. The summed E-state index contributed by atoms with van der Waals surface area (Å²) in [4.78, 5) is 27.3. The van der Waals surface area contributed by atoms with E-state index in [2.05, 4.69) is 0 Å². The number of benzene rings is 2. The third-order valence-corrected chi connectivity index (χ3v) is 5.09. The standard InChI is InChI=1S/C24H27NO6/c1-4-13-31-17-9-7-8-16(15-17)22(26)20-21(18-10-5-6-11-19(18)30-3)25(12-14-29-2)24(28)23(20)27/h5-11,15,21,26H,4,12-14H2,1-3H3/b22-20-. The number of ether oxygens (including phenoxy) is 3. The van der Waals surface area contributed by atoms with Crippen LogP contribution >= 0.6 is 0 Å². The Hall–Kier alpha value is -3.32. The summed E-state index contributed by atoms with van der Waals surface area (Å²) in [6.07, 6.45) is 0.842. The fourth-order valence-corrected chi connectivity index (χ4v) is 3.62. The first-order valence-corrected chi connectivity index (χ1v) is 10.2. The van der Waals surface area contributed by atoms with Crippen LogP contribution in [0.25, 0.3) is 5.76 Å². The molecule has 0 spiro atoms. The van der Waals surface area contributed by atoms with Gasteiger partial charge in [-0.3, -0.25) is 9.59 Å². The normalized spacial score (nSPS) is 17.8. The minimum absolute atomic E-state index is 0.0123. The average molecular weight is 425 g/mol. The number of Topliss-reactive ketones (excluding diaryl/α,β-unsaturated/α-hetero) is 1. The molecule has 1 atom stereocenters. The number of ketones is 1. The number of para-hydroxylation sites is 1. The van der Waals surface area contributed by atoms with Crippen molar-refractivity contribution >= 4 is 17.4 Å². The van der Waals surface area contributed by atoms with E-state index in [1.807, 2.05) is 6.92 Å². The quantitative estimate of drug-likeness (QED) is 0.376. The van der Waals surface area contributed by atoms with Gasteiger partial charge in [0.05, 0.1) is 31.9 Å². The Bertz CT molecular complexity index is 984. The number of likely N-dealkylation sites (tertiary alicyclic amines) is 1. The summed E-state index contributed by atoms with van der Waals surface area (Å²) in [5.41, 5.74) is 1.02. The molecule has 3 rings (SSSR count). The van der Waals surface area contributed by atoms with Crippen molar-refractivity contribution in [3.05, 3.63) is 65.2 Å². The van der Waals surface area contributed by atoms with Gasteiger partial charge >= 0.3 is 0 Å². The fraction of sp³-hybridized carbons (Fsp3) is 0.333. The molecule has 7 nitrogen and oxygen atoms in total. The number of aliphatic hydroxyl groups excluding tert-OH is 1. The predicted molar refractivity (Wildman–Crippen MR) is 116 cm³/mol. The van der Waals surface area contributed by atoms with Crippen LogP contribution < -0.4 is 9.47 Å². The summed E-state index contributed by atoms with van der Waals surface area (Å²) in [5.74, 6) is -0.593. The van der Waals surface area contributed by atoms with Crippen LogP contribution in [-0.4, -0.2) is 55.7 Å². The lowest BCUT2D eigenvalue weighted by atomic mass is 9.94. The monoisotopic (exact) mass is 425 g/mol. The van der Waals surface area contributed by atoms with Crippen molar-refractivity contribution in [1.82, 2.24) is 4.90 Å². The molecule has 2 aromatic rings. The number of amides is 1. The molecule has 0 radical (unpaired) electrons. The third kappa shape index (κ3) is 4.56. The second-order valence-electron chi connectivity index (χ2n) is 7.10. The Labute approximate surface area is 181 Å². The van der Waals surface area contributed by atoms with E-state index in [-0.39, 0.29) is 24.5 Å². The van der Waals surface area contributed by atoms with E-state index >= 15 is 0 Å². The molecule has 1 heterocycles. The van der Waals surface area contributed by atoms with Crippen LogP contribution in [0.1, 0.15) is 30.5 Å². The van der Waals surface area contributed by atoms with Gasteiger partial charge < -0.3 is 24.2 Å². The molecule has 0 saturated carbocycles. The molecular formula is C24H27NO6. The maximum atomic E-state index is 13.0. The molecule has 2 aromatic carbocycles. The second-order valence-corrected chi connectivity index (χ2v) is 7.10. The number of methoxy groups -OCH3 is 2. The predicted octanol–water partition coefficient (Wildman–Crippen LogP) is 3.55. The lowest BCUT2D eigenvalue weighted by molar-refractivity contribution is -0.140. The molecule has 31 heavy (non-hydrogen) atoms. The summed E-state index contributed by atoms with van der Waals surface area (Å²) in [6, 6.07) is 13.2. The number of carbonyl (C=O) groups excluding carboxylic acids is 2. The van der Waals surface area contributed by atoms with E-state index in [1.165, 1.54) is 19.1 Å². The van der Waals surface area contributed by atoms with Gasteiger partial charge in [0.1, 0.15) is 17.3 Å². The minimum atomic E-state index is -0.800. The molecular weight excluding hydrogens is 398 g/mol. The van der Waals surface area contributed by atoms with Gasteiger partial charge in [-0.15, -0.1) is 0 Å². The van der Waals surface area contributed by atoms with E-state index in [1.54, 1.807) is 48.5 Å². The first-order valence-electron chi connectivity index (χ1n) is 10.2. The Morgan fingerprint density at radius 2 is 1.84 bits per heavy atom. The summed E-state index contributed by atoms with van der Waals surface area (Å²) in [5, 5.41) is 11.1. The smallest absolute Gasteiger partial charge is 0.295 e. The Balaban J connectivity index is 2.15. The highest BCUT2D eigenvalue weighted by Gasteiger charge is 2.46. The highest BCUT2D eigenvalue weighted by Crippen LogP contribution is 2.42. The molecule has 1 N–H and O–H groups in total. The van der Waals surface area contributed by atoms with E-state index < -0.39 is 17.7 Å². The number of nitrogens with zero attached hydrogens (tertiary/aromatic N) is 1. The van der Waals surface area contributed by atoms with Gasteiger partial charge in [-0.2, -0.15) is 0 Å². The molecule has 0 aromatic heterocycles. The molecule has 1 fully saturated rings. The largest absolute Gasteiger partial charge is 0.507 e. The van der Waals surface area contributed by atoms with Gasteiger partial charge in [-0.25, -0.2) is 0 Å². The number of aliphatic hydroxyl groups is 1. The lowest BCUT2D eigenvalue weighted by Crippen LogP contribution is -2.32. The first-order chi connectivity index (χ1) is 15.0. The van der Waals surface area contributed by atoms with Crippen molar-refractivity contribution in [2.45, 2.75) is 19.4 Å². The van der Waals surface area contributed by atoms with Crippen LogP contribution in [0.2, 0.25) is 0 Å². The lowest BCUT2D eigenvalue weighted by Gasteiger charge is -2.26. The van der Waals surface area contributed by atoms with Crippen molar-refractivity contribution in [1.29, 1.82) is 0 Å². The van der Waals surface area contributed by atoms with Gasteiger partial charge in [0.25, 0.3) is 11.7 Å². The molecule has 1 saturated heterocycles. The average Bonchev–Trinajstić information content (AvgIpc) is 3.05. The topological polar surface area (TPSA) is 85.3 Å². The highest BCUT2D eigenvalue weighted by atomic mass is 16.5. The summed E-state index contributed by atoms with van der Waals surface area (Å²) < 4.78 is 16.2. The van der Waals surface area contributed by atoms with Crippen molar-refractivity contribution in [3.8, 4) is 11.5 Å². The maximum absolute atomic E-state index is 13.0. The molecule has 0 aliphatic carbocycles. The van der Waals surface area contributed by atoms with E-state index in [9.17, 15) is 14.7 Å². The van der Waals surface area contributed by atoms with Gasteiger partial charge in [-0.1, -0.05) is 37.3 Å². The highest BCUT2D eigenvalue weighted by molar-refractivity contribution is 6.46. The number of carbonyl (C=O) groups is 2. The van der Waals surface area contributed by atoms with Crippen molar-refractivity contribution in [2.75, 3.05) is 34.0 Å². The van der Waals surface area contributed by atoms with Gasteiger partial charge in [-0.05, 0) is 24.6 Å². The van der Waals surface area contributed by atoms with Gasteiger partial charge in [0.15, 0.2) is 0 Å². The summed E-state index contributed by atoms with van der Waals surface area (Å²) in [6.45, 7) is 2.98. The molecule has 1 unspecified atom stereocenters. The fourth-order valence-electron chi connectivity index (χ4n) is 3.62.